The summed E-state index contributed by atoms with van der Waals surface area (Å²) < 4.78 is 3.09. The monoisotopic (exact) mass is 336 g/mol. The maximum Gasteiger partial charge on any atom is 0.0738 e. The van der Waals surface area contributed by atoms with Crippen LogP contribution in [0.15, 0.2) is 22.9 Å². The van der Waals surface area contributed by atoms with Crippen molar-refractivity contribution >= 4 is 15.9 Å². The van der Waals surface area contributed by atoms with Gasteiger partial charge in [-0.2, -0.15) is 5.10 Å². The van der Waals surface area contributed by atoms with E-state index in [0.29, 0.717) is 0 Å². The van der Waals surface area contributed by atoms with Crippen molar-refractivity contribution in [1.82, 2.24) is 14.8 Å². The molecule has 0 saturated carbocycles. The van der Waals surface area contributed by atoms with Gasteiger partial charge in [0.1, 0.15) is 0 Å². The number of rotatable bonds is 5. The largest absolute Gasteiger partial charge is 0.324 e. The number of hydrogen-bond donors (Lipinski definition) is 1. The Labute approximate surface area is 128 Å². The van der Waals surface area contributed by atoms with Crippen LogP contribution in [-0.4, -0.2) is 14.8 Å². The Hall–Kier alpha value is -1.20. The van der Waals surface area contributed by atoms with Gasteiger partial charge in [-0.15, -0.1) is 0 Å². The molecule has 20 heavy (non-hydrogen) atoms. The molecule has 1 unspecified atom stereocenters. The van der Waals surface area contributed by atoms with Crippen LogP contribution in [0.5, 0.6) is 0 Å². The molecule has 0 spiro atoms. The third kappa shape index (κ3) is 2.94. The zero-order chi connectivity index (χ0) is 14.7. The third-order valence-corrected chi connectivity index (χ3v) is 4.62. The number of halogens is 1. The number of nitrogens with zero attached hydrogens (tertiary/aromatic N) is 3. The van der Waals surface area contributed by atoms with Crippen LogP contribution in [0.4, 0.5) is 0 Å². The highest BCUT2D eigenvalue weighted by atomic mass is 79.9. The van der Waals surface area contributed by atoms with Crippen LogP contribution in [0, 0.1) is 6.92 Å². The first kappa shape index (κ1) is 15.2. The summed E-state index contributed by atoms with van der Waals surface area (Å²) in [6, 6.07) is 1.99. The summed E-state index contributed by atoms with van der Waals surface area (Å²) in [7, 11) is 0. The minimum absolute atomic E-state index is 0.0364. The van der Waals surface area contributed by atoms with E-state index in [0.717, 1.165) is 35.2 Å². The highest BCUT2D eigenvalue weighted by Gasteiger charge is 2.17. The lowest BCUT2D eigenvalue weighted by Crippen LogP contribution is -2.18. The minimum Gasteiger partial charge on any atom is -0.324 e. The van der Waals surface area contributed by atoms with Gasteiger partial charge < -0.3 is 5.73 Å². The Bertz CT molecular complexity index is 592. The number of hydrogen-bond acceptors (Lipinski definition) is 3. The van der Waals surface area contributed by atoms with Gasteiger partial charge in [0.05, 0.1) is 15.9 Å². The fourth-order valence-corrected chi connectivity index (χ4v) is 2.92. The van der Waals surface area contributed by atoms with Crippen molar-refractivity contribution in [3.05, 3.63) is 45.4 Å². The molecule has 2 rings (SSSR count). The van der Waals surface area contributed by atoms with E-state index >= 15 is 0 Å². The maximum absolute atomic E-state index is 6.42. The molecule has 2 aromatic heterocycles. The Morgan fingerprint density at radius 2 is 2.15 bits per heavy atom. The van der Waals surface area contributed by atoms with Crippen molar-refractivity contribution in [3.63, 3.8) is 0 Å². The molecule has 0 bridgehead atoms. The average Bonchev–Trinajstić information content (AvgIpc) is 2.74. The number of aromatic nitrogens is 3. The predicted octanol–water partition coefficient (Wildman–Crippen LogP) is 3.17. The molecule has 2 heterocycles. The second-order valence-corrected chi connectivity index (χ2v) is 5.69. The molecule has 1 atom stereocenters. The van der Waals surface area contributed by atoms with Gasteiger partial charge >= 0.3 is 0 Å². The molecule has 2 aromatic rings. The predicted molar refractivity (Wildman–Crippen MR) is 84.6 cm³/mol. The second kappa shape index (κ2) is 6.50. The molecule has 2 N–H and O–H groups in total. The van der Waals surface area contributed by atoms with E-state index in [1.54, 1.807) is 0 Å². The highest BCUT2D eigenvalue weighted by Crippen LogP contribution is 2.26. The summed E-state index contributed by atoms with van der Waals surface area (Å²) in [5, 5.41) is 4.52. The van der Waals surface area contributed by atoms with Crippen LogP contribution in [0.25, 0.3) is 0 Å². The van der Waals surface area contributed by atoms with Gasteiger partial charge in [-0.1, -0.05) is 6.92 Å². The van der Waals surface area contributed by atoms with Gasteiger partial charge in [-0.25, -0.2) is 0 Å². The van der Waals surface area contributed by atoms with Gasteiger partial charge in [-0.05, 0) is 53.4 Å². The van der Waals surface area contributed by atoms with Gasteiger partial charge in [0, 0.05) is 31.4 Å². The van der Waals surface area contributed by atoms with E-state index in [1.165, 1.54) is 11.1 Å². The summed E-state index contributed by atoms with van der Waals surface area (Å²) in [5.41, 5.74) is 11.0. The summed E-state index contributed by atoms with van der Waals surface area (Å²) in [6.07, 6.45) is 5.44. The van der Waals surface area contributed by atoms with Crippen LogP contribution in [0.3, 0.4) is 0 Å². The molecule has 0 radical (unpaired) electrons. The molecular weight excluding hydrogens is 316 g/mol. The quantitative estimate of drug-likeness (QED) is 0.912. The molecule has 0 amide bonds. The second-order valence-electron chi connectivity index (χ2n) is 4.90. The van der Waals surface area contributed by atoms with E-state index in [-0.39, 0.29) is 6.04 Å². The summed E-state index contributed by atoms with van der Waals surface area (Å²) >= 11 is 3.63. The van der Waals surface area contributed by atoms with Crippen molar-refractivity contribution in [2.24, 2.45) is 5.73 Å². The van der Waals surface area contributed by atoms with Crippen molar-refractivity contribution < 1.29 is 0 Å². The first-order valence-electron chi connectivity index (χ1n) is 6.98. The smallest absolute Gasteiger partial charge is 0.0738 e. The summed E-state index contributed by atoms with van der Waals surface area (Å²) in [5.74, 6) is 0. The molecule has 5 heteroatoms. The fourth-order valence-electron chi connectivity index (χ4n) is 2.48. The van der Waals surface area contributed by atoms with Gasteiger partial charge in [0.15, 0.2) is 0 Å². The average molecular weight is 337 g/mol. The highest BCUT2D eigenvalue weighted by molar-refractivity contribution is 9.10. The number of nitrogens with two attached hydrogens (primary N) is 1. The normalized spacial score (nSPS) is 12.7. The van der Waals surface area contributed by atoms with E-state index < -0.39 is 0 Å². The van der Waals surface area contributed by atoms with Gasteiger partial charge in [0.25, 0.3) is 0 Å². The van der Waals surface area contributed by atoms with Crippen molar-refractivity contribution in [2.45, 2.75) is 46.2 Å². The van der Waals surface area contributed by atoms with Crippen LogP contribution in [-0.2, 0) is 19.4 Å². The lowest BCUT2D eigenvalue weighted by molar-refractivity contribution is 0.584. The summed E-state index contributed by atoms with van der Waals surface area (Å²) in [4.78, 5) is 4.18. The van der Waals surface area contributed by atoms with Crippen molar-refractivity contribution in [2.75, 3.05) is 0 Å². The molecule has 0 aliphatic carbocycles. The number of aryl methyl sites for hydroxylation is 3. The SMILES string of the molecule is CCc1cnccc1C(N)Cc1c(Br)c(C)nn1CC. The van der Waals surface area contributed by atoms with Crippen LogP contribution >= 0.6 is 15.9 Å². The zero-order valence-electron chi connectivity index (χ0n) is 12.2. The maximum atomic E-state index is 6.42. The molecule has 4 nitrogen and oxygen atoms in total. The van der Waals surface area contributed by atoms with E-state index in [4.69, 9.17) is 5.73 Å². The van der Waals surface area contributed by atoms with Gasteiger partial charge in [0.2, 0.25) is 0 Å². The molecule has 0 aromatic carbocycles. The minimum atomic E-state index is -0.0364. The van der Waals surface area contributed by atoms with Crippen molar-refractivity contribution in [1.29, 1.82) is 0 Å². The topological polar surface area (TPSA) is 56.7 Å². The van der Waals surface area contributed by atoms with Crippen LogP contribution in [0.2, 0.25) is 0 Å². The van der Waals surface area contributed by atoms with E-state index in [2.05, 4.69) is 39.9 Å². The first-order valence-corrected chi connectivity index (χ1v) is 7.77. The number of pyridine rings is 1. The lowest BCUT2D eigenvalue weighted by atomic mass is 9.98. The molecule has 108 valence electrons. The summed E-state index contributed by atoms with van der Waals surface area (Å²) in [6.45, 7) is 7.09. The molecule has 0 aliphatic rings. The third-order valence-electron chi connectivity index (χ3n) is 3.59. The van der Waals surface area contributed by atoms with Gasteiger partial charge in [-0.3, -0.25) is 9.67 Å². The molecular formula is C15H21BrN4. The standard InChI is InChI=1S/C15H21BrN4/c1-4-11-9-18-7-6-12(11)13(17)8-14-15(16)10(3)19-20(14)5-2/h6-7,9,13H,4-5,8,17H2,1-3H3. The molecule has 0 aliphatic heterocycles. The Morgan fingerprint density at radius 1 is 1.40 bits per heavy atom. The van der Waals surface area contributed by atoms with Crippen molar-refractivity contribution in [3.8, 4) is 0 Å². The van der Waals surface area contributed by atoms with Crippen LogP contribution < -0.4 is 5.73 Å². The lowest BCUT2D eigenvalue weighted by Gasteiger charge is -2.16. The van der Waals surface area contributed by atoms with E-state index in [9.17, 15) is 0 Å². The zero-order valence-corrected chi connectivity index (χ0v) is 13.8. The fraction of sp³-hybridized carbons (Fsp3) is 0.467. The Kier molecular flexibility index (Phi) is 4.94. The first-order chi connectivity index (χ1) is 9.58. The Balaban J connectivity index is 2.30. The van der Waals surface area contributed by atoms with Crippen LogP contribution in [0.1, 0.15) is 42.4 Å². The van der Waals surface area contributed by atoms with E-state index in [1.807, 2.05) is 30.1 Å². The molecule has 0 fully saturated rings. The Morgan fingerprint density at radius 3 is 2.80 bits per heavy atom. The molecule has 0 saturated heterocycles.